The van der Waals surface area contributed by atoms with E-state index in [2.05, 4.69) is 0 Å². The standard InChI is InChI=1S/C8H3BF3N/c9-6-3-1-2-5(4-13)7(6)8(10,11)12/h1-3H. The summed E-state index contributed by atoms with van der Waals surface area (Å²) in [5, 5.41) is 8.40. The molecule has 1 rings (SSSR count). The van der Waals surface area contributed by atoms with Crippen LogP contribution in [0.25, 0.3) is 0 Å². The molecule has 1 aromatic carbocycles. The first kappa shape index (κ1) is 9.65. The average Bonchev–Trinajstić information content (AvgIpc) is 2.01. The molecule has 5 heteroatoms. The minimum atomic E-state index is -4.57. The average molecular weight is 181 g/mol. The first-order chi connectivity index (χ1) is 5.96. The van der Waals surface area contributed by atoms with Crippen LogP contribution < -0.4 is 5.46 Å². The van der Waals surface area contributed by atoms with Gasteiger partial charge >= 0.3 is 6.18 Å². The Labute approximate surface area is 74.2 Å². The molecule has 0 aliphatic heterocycles. The predicted molar refractivity (Wildman–Crippen MR) is 41.5 cm³/mol. The molecule has 0 saturated carbocycles. The Morgan fingerprint density at radius 1 is 1.31 bits per heavy atom. The van der Waals surface area contributed by atoms with Gasteiger partial charge in [-0.3, -0.25) is 0 Å². The normalized spacial score (nSPS) is 10.9. The smallest absolute Gasteiger partial charge is 0.192 e. The Morgan fingerprint density at radius 2 is 1.92 bits per heavy atom. The summed E-state index contributed by atoms with van der Waals surface area (Å²) in [6.45, 7) is 0. The highest BCUT2D eigenvalue weighted by Gasteiger charge is 2.34. The monoisotopic (exact) mass is 181 g/mol. The van der Waals surface area contributed by atoms with Crippen molar-refractivity contribution in [2.24, 2.45) is 0 Å². The third kappa shape index (κ3) is 1.83. The lowest BCUT2D eigenvalue weighted by atomic mass is 9.87. The third-order valence-electron chi connectivity index (χ3n) is 1.50. The fraction of sp³-hybridized carbons (Fsp3) is 0.125. The van der Waals surface area contributed by atoms with Crippen molar-refractivity contribution in [2.45, 2.75) is 6.18 Å². The molecule has 0 aromatic heterocycles. The van der Waals surface area contributed by atoms with Crippen molar-refractivity contribution in [1.82, 2.24) is 0 Å². The van der Waals surface area contributed by atoms with E-state index in [0.717, 1.165) is 12.1 Å². The van der Waals surface area contributed by atoms with Crippen LogP contribution in [-0.4, -0.2) is 7.85 Å². The lowest BCUT2D eigenvalue weighted by Gasteiger charge is -2.11. The van der Waals surface area contributed by atoms with Gasteiger partial charge in [-0.2, -0.15) is 18.4 Å². The van der Waals surface area contributed by atoms with Gasteiger partial charge in [-0.1, -0.05) is 17.6 Å². The van der Waals surface area contributed by atoms with Crippen LogP contribution in [0, 0.1) is 11.3 Å². The molecule has 0 heterocycles. The van der Waals surface area contributed by atoms with E-state index in [0.29, 0.717) is 0 Å². The van der Waals surface area contributed by atoms with Gasteiger partial charge in [0, 0.05) is 0 Å². The largest absolute Gasteiger partial charge is 0.417 e. The van der Waals surface area contributed by atoms with Gasteiger partial charge < -0.3 is 0 Å². The van der Waals surface area contributed by atoms with Crippen LogP contribution in [0.2, 0.25) is 0 Å². The molecule has 0 spiro atoms. The lowest BCUT2D eigenvalue weighted by molar-refractivity contribution is -0.136. The van der Waals surface area contributed by atoms with Gasteiger partial charge in [-0.05, 0) is 6.07 Å². The van der Waals surface area contributed by atoms with Crippen LogP contribution in [0.5, 0.6) is 0 Å². The minimum Gasteiger partial charge on any atom is -0.192 e. The molecule has 0 aliphatic rings. The van der Waals surface area contributed by atoms with E-state index < -0.39 is 22.8 Å². The maximum atomic E-state index is 12.3. The maximum absolute atomic E-state index is 12.3. The van der Waals surface area contributed by atoms with Crippen molar-refractivity contribution >= 4 is 13.3 Å². The second-order valence-electron chi connectivity index (χ2n) is 2.38. The first-order valence-electron chi connectivity index (χ1n) is 3.32. The third-order valence-corrected chi connectivity index (χ3v) is 1.50. The highest BCUT2D eigenvalue weighted by atomic mass is 19.4. The molecule has 0 saturated heterocycles. The summed E-state index contributed by atoms with van der Waals surface area (Å²) in [6, 6.07) is 4.95. The van der Waals surface area contributed by atoms with Gasteiger partial charge in [0.15, 0.2) is 0 Å². The van der Waals surface area contributed by atoms with Crippen LogP contribution in [-0.2, 0) is 6.18 Å². The highest BCUT2D eigenvalue weighted by Crippen LogP contribution is 2.29. The van der Waals surface area contributed by atoms with E-state index in [4.69, 9.17) is 13.1 Å². The van der Waals surface area contributed by atoms with Crippen molar-refractivity contribution < 1.29 is 13.2 Å². The van der Waals surface area contributed by atoms with Crippen molar-refractivity contribution in [1.29, 1.82) is 5.26 Å². The predicted octanol–water partition coefficient (Wildman–Crippen LogP) is 1.37. The SMILES string of the molecule is [B]c1cccc(C#N)c1C(F)(F)F. The number of alkyl halides is 3. The molecule has 0 fully saturated rings. The van der Waals surface area contributed by atoms with Crippen molar-refractivity contribution in [3.63, 3.8) is 0 Å². The van der Waals surface area contributed by atoms with Gasteiger partial charge in [0.2, 0.25) is 0 Å². The van der Waals surface area contributed by atoms with Crippen molar-refractivity contribution in [2.75, 3.05) is 0 Å². The highest BCUT2D eigenvalue weighted by molar-refractivity contribution is 6.33. The number of nitriles is 1. The maximum Gasteiger partial charge on any atom is 0.417 e. The molecule has 64 valence electrons. The number of hydrogen-bond acceptors (Lipinski definition) is 1. The summed E-state index contributed by atoms with van der Waals surface area (Å²) in [5.74, 6) is 0. The summed E-state index contributed by atoms with van der Waals surface area (Å²) in [4.78, 5) is 0. The Morgan fingerprint density at radius 3 is 2.31 bits per heavy atom. The zero-order chi connectivity index (χ0) is 10.1. The summed E-state index contributed by atoms with van der Waals surface area (Å²) < 4.78 is 36.8. The molecule has 1 aromatic rings. The number of halogens is 3. The van der Waals surface area contributed by atoms with Gasteiger partial charge in [0.25, 0.3) is 0 Å². The van der Waals surface area contributed by atoms with E-state index in [1.54, 1.807) is 0 Å². The van der Waals surface area contributed by atoms with Gasteiger partial charge in [0.1, 0.15) is 7.85 Å². The van der Waals surface area contributed by atoms with Crippen LogP contribution in [0.3, 0.4) is 0 Å². The molecule has 0 bridgehead atoms. The van der Waals surface area contributed by atoms with Gasteiger partial charge in [-0.15, -0.1) is 0 Å². The molecule has 0 unspecified atom stereocenters. The molecule has 13 heavy (non-hydrogen) atoms. The molecule has 0 amide bonds. The van der Waals surface area contributed by atoms with E-state index in [9.17, 15) is 13.2 Å². The number of benzene rings is 1. The second-order valence-corrected chi connectivity index (χ2v) is 2.38. The zero-order valence-electron chi connectivity index (χ0n) is 6.39. The second kappa shape index (κ2) is 3.13. The molecular formula is C8H3BF3N. The molecule has 0 atom stereocenters. The van der Waals surface area contributed by atoms with E-state index in [1.165, 1.54) is 12.1 Å². The summed E-state index contributed by atoms with van der Waals surface area (Å²) >= 11 is 0. The lowest BCUT2D eigenvalue weighted by Crippen LogP contribution is -2.21. The molecular weight excluding hydrogens is 178 g/mol. The van der Waals surface area contributed by atoms with Gasteiger partial charge in [0.05, 0.1) is 17.2 Å². The van der Waals surface area contributed by atoms with Crippen LogP contribution in [0.4, 0.5) is 13.2 Å². The molecule has 2 radical (unpaired) electrons. The summed E-state index contributed by atoms with van der Waals surface area (Å²) in [5.41, 5.74) is -1.93. The Hall–Kier alpha value is -1.44. The molecule has 1 nitrogen and oxygen atoms in total. The van der Waals surface area contributed by atoms with E-state index in [-0.39, 0.29) is 0 Å². The van der Waals surface area contributed by atoms with E-state index >= 15 is 0 Å². The Balaban J connectivity index is 3.43. The zero-order valence-corrected chi connectivity index (χ0v) is 6.39. The van der Waals surface area contributed by atoms with Gasteiger partial charge in [-0.25, -0.2) is 0 Å². The van der Waals surface area contributed by atoms with E-state index in [1.807, 2.05) is 0 Å². The van der Waals surface area contributed by atoms with Crippen LogP contribution in [0.1, 0.15) is 11.1 Å². The van der Waals surface area contributed by atoms with Crippen molar-refractivity contribution in [3.8, 4) is 6.07 Å². The van der Waals surface area contributed by atoms with Crippen molar-refractivity contribution in [3.05, 3.63) is 29.3 Å². The summed E-state index contributed by atoms with van der Waals surface area (Å²) in [7, 11) is 5.11. The quantitative estimate of drug-likeness (QED) is 0.554. The van der Waals surface area contributed by atoms with Crippen LogP contribution in [0.15, 0.2) is 18.2 Å². The first-order valence-corrected chi connectivity index (χ1v) is 3.32. The van der Waals surface area contributed by atoms with Crippen LogP contribution >= 0.6 is 0 Å². The minimum absolute atomic E-state index is 0.424. The fourth-order valence-corrected chi connectivity index (χ4v) is 0.980. The Bertz CT molecular complexity index is 365. The topological polar surface area (TPSA) is 23.8 Å². The number of rotatable bonds is 0. The fourth-order valence-electron chi connectivity index (χ4n) is 0.980. The molecule has 0 N–H and O–H groups in total. The number of nitrogens with zero attached hydrogens (tertiary/aromatic N) is 1. The molecule has 0 aliphatic carbocycles. The Kier molecular flexibility index (Phi) is 2.33. The summed E-state index contributed by atoms with van der Waals surface area (Å²) in [6.07, 6.45) is -4.57. The number of hydrogen-bond donors (Lipinski definition) is 0.